The predicted molar refractivity (Wildman–Crippen MR) is 178 cm³/mol. The van der Waals surface area contributed by atoms with E-state index in [1.165, 1.54) is 167 Å². The second kappa shape index (κ2) is 34.1. The summed E-state index contributed by atoms with van der Waals surface area (Å²) in [5, 5.41) is 0. The lowest BCUT2D eigenvalue weighted by atomic mass is 10.1. The van der Waals surface area contributed by atoms with Crippen molar-refractivity contribution in [3.63, 3.8) is 0 Å². The molecule has 0 rings (SSSR count). The first kappa shape index (κ1) is 41.0. The fraction of sp³-hybridized carbons (Fsp3) is 1.00. The van der Waals surface area contributed by atoms with Crippen LogP contribution < -0.4 is 17.0 Å². The maximum Gasteiger partial charge on any atom is 0.0594 e. The highest BCUT2D eigenvalue weighted by Crippen LogP contribution is 2.61. The Morgan fingerprint density at radius 3 is 0.658 bits per heavy atom. The van der Waals surface area contributed by atoms with Crippen molar-refractivity contribution in [2.45, 2.75) is 207 Å². The Kier molecular flexibility index (Phi) is 36.8. The van der Waals surface area contributed by atoms with Gasteiger partial charge in [0.2, 0.25) is 0 Å². The van der Waals surface area contributed by atoms with Crippen LogP contribution in [0.3, 0.4) is 0 Å². The molecule has 0 aliphatic rings. The standard InChI is InChI=1S/C36H76P.BrH/c1-5-9-13-15-17-19-21-23-25-27-29-31-35-37(33-11-7-3,34-12-8-4)36-32-30-28-26-24-22-20-18-16-14-10-6-2;/h5-36H2,1-4H3;1H/q+1;/p-1. The molecule has 0 fully saturated rings. The summed E-state index contributed by atoms with van der Waals surface area (Å²) in [6.45, 7) is 9.47. The van der Waals surface area contributed by atoms with Crippen molar-refractivity contribution in [3.05, 3.63) is 0 Å². The van der Waals surface area contributed by atoms with Crippen LogP contribution >= 0.6 is 7.26 Å². The number of hydrogen-bond acceptors (Lipinski definition) is 0. The molecule has 0 aromatic rings. The van der Waals surface area contributed by atoms with Gasteiger partial charge in [0.05, 0.1) is 24.6 Å². The summed E-state index contributed by atoms with van der Waals surface area (Å²) in [5.41, 5.74) is 0. The summed E-state index contributed by atoms with van der Waals surface area (Å²) < 4.78 is 0. The average Bonchev–Trinajstić information content (AvgIpc) is 2.91. The molecule has 0 aromatic carbocycles. The summed E-state index contributed by atoms with van der Waals surface area (Å²) in [6.07, 6.45) is 48.0. The second-order valence-corrected chi connectivity index (χ2v) is 17.2. The van der Waals surface area contributed by atoms with E-state index in [0.717, 1.165) is 0 Å². The summed E-state index contributed by atoms with van der Waals surface area (Å²) in [6, 6.07) is 0. The van der Waals surface area contributed by atoms with E-state index in [4.69, 9.17) is 0 Å². The van der Waals surface area contributed by atoms with Crippen molar-refractivity contribution in [2.24, 2.45) is 0 Å². The molecule has 0 aromatic heterocycles. The van der Waals surface area contributed by atoms with Crippen molar-refractivity contribution in [2.75, 3.05) is 24.6 Å². The SMILES string of the molecule is CCCCCCCCCCCCCC[P+](CCCC)(CCCC)CCCCCCCCCCCCCC.[Br-]. The quantitative estimate of drug-likeness (QED) is 0.0519. The summed E-state index contributed by atoms with van der Waals surface area (Å²) in [5.74, 6) is 0. The minimum absolute atomic E-state index is 0. The molecule has 232 valence electrons. The van der Waals surface area contributed by atoms with E-state index in [1.807, 2.05) is 0 Å². The third-order valence-corrected chi connectivity index (χ3v) is 14.0. The topological polar surface area (TPSA) is 0 Å². The van der Waals surface area contributed by atoms with Crippen LogP contribution in [0.4, 0.5) is 0 Å². The zero-order chi connectivity index (χ0) is 27.1. The monoisotopic (exact) mass is 618 g/mol. The Labute approximate surface area is 255 Å². The van der Waals surface area contributed by atoms with Gasteiger partial charge in [-0.3, -0.25) is 0 Å². The van der Waals surface area contributed by atoms with Crippen molar-refractivity contribution in [3.8, 4) is 0 Å². The molecule has 2 heteroatoms. The van der Waals surface area contributed by atoms with Gasteiger partial charge in [-0.2, -0.15) is 0 Å². The van der Waals surface area contributed by atoms with Gasteiger partial charge in [-0.25, -0.2) is 0 Å². The van der Waals surface area contributed by atoms with Gasteiger partial charge in [-0.1, -0.05) is 169 Å². The van der Waals surface area contributed by atoms with Crippen molar-refractivity contribution >= 4 is 7.26 Å². The van der Waals surface area contributed by atoms with Crippen LogP contribution in [0.1, 0.15) is 207 Å². The molecule has 0 saturated carbocycles. The summed E-state index contributed by atoms with van der Waals surface area (Å²) in [4.78, 5) is 0. The Morgan fingerprint density at radius 1 is 0.237 bits per heavy atom. The predicted octanol–water partition coefficient (Wildman–Crippen LogP) is 11.0. The lowest BCUT2D eigenvalue weighted by Crippen LogP contribution is -3.00. The number of unbranched alkanes of at least 4 members (excludes halogenated alkanes) is 24. The van der Waals surface area contributed by atoms with Gasteiger partial charge in [0.25, 0.3) is 0 Å². The molecule has 0 aliphatic heterocycles. The average molecular weight is 620 g/mol. The summed E-state index contributed by atoms with van der Waals surface area (Å²) in [7, 11) is -0.689. The Morgan fingerprint density at radius 2 is 0.421 bits per heavy atom. The van der Waals surface area contributed by atoms with Crippen LogP contribution in [0.25, 0.3) is 0 Å². The molecule has 0 radical (unpaired) electrons. The minimum Gasteiger partial charge on any atom is -1.00 e. The van der Waals surface area contributed by atoms with Gasteiger partial charge in [0.1, 0.15) is 0 Å². The number of hydrogen-bond donors (Lipinski definition) is 0. The molecule has 0 N–H and O–H groups in total. The third-order valence-electron chi connectivity index (χ3n) is 8.94. The van der Waals surface area contributed by atoms with Crippen molar-refractivity contribution in [1.29, 1.82) is 0 Å². The Hall–Kier alpha value is 0.910. The first-order chi connectivity index (χ1) is 18.2. The van der Waals surface area contributed by atoms with Crippen LogP contribution in [0.15, 0.2) is 0 Å². The van der Waals surface area contributed by atoms with Crippen molar-refractivity contribution in [1.82, 2.24) is 0 Å². The van der Waals surface area contributed by atoms with E-state index < -0.39 is 7.26 Å². The van der Waals surface area contributed by atoms with E-state index in [9.17, 15) is 0 Å². The molecule has 0 aliphatic carbocycles. The van der Waals surface area contributed by atoms with Gasteiger partial charge in [0.15, 0.2) is 0 Å². The van der Waals surface area contributed by atoms with E-state index in [0.29, 0.717) is 0 Å². The Balaban J connectivity index is 0. The largest absolute Gasteiger partial charge is 1.00 e. The molecule has 0 unspecified atom stereocenters. The molecule has 0 heterocycles. The first-order valence-electron chi connectivity index (χ1n) is 18.1. The lowest BCUT2D eigenvalue weighted by molar-refractivity contribution is -0.00000842. The summed E-state index contributed by atoms with van der Waals surface area (Å²) >= 11 is 0. The van der Waals surface area contributed by atoms with Gasteiger partial charge in [0, 0.05) is 7.26 Å². The van der Waals surface area contributed by atoms with Crippen LogP contribution in [-0.2, 0) is 0 Å². The molecule has 0 atom stereocenters. The first-order valence-corrected chi connectivity index (χ1v) is 20.6. The number of halogens is 1. The Bertz CT molecular complexity index is 372. The van der Waals surface area contributed by atoms with E-state index in [2.05, 4.69) is 27.7 Å². The third kappa shape index (κ3) is 28.4. The lowest BCUT2D eigenvalue weighted by Gasteiger charge is -2.28. The van der Waals surface area contributed by atoms with Gasteiger partial charge in [-0.05, 0) is 38.5 Å². The molecular weight excluding hydrogens is 543 g/mol. The molecular formula is C36H76BrP. The van der Waals surface area contributed by atoms with Crippen LogP contribution in [0, 0.1) is 0 Å². The fourth-order valence-electron chi connectivity index (χ4n) is 6.23. The fourth-order valence-corrected chi connectivity index (χ4v) is 11.3. The minimum atomic E-state index is -0.689. The van der Waals surface area contributed by atoms with Crippen LogP contribution in [0.5, 0.6) is 0 Å². The molecule has 0 nitrogen and oxygen atoms in total. The van der Waals surface area contributed by atoms with Gasteiger partial charge in [-0.15, -0.1) is 0 Å². The van der Waals surface area contributed by atoms with Crippen LogP contribution in [-0.4, -0.2) is 24.6 Å². The van der Waals surface area contributed by atoms with E-state index in [1.54, 1.807) is 37.5 Å². The molecule has 0 spiro atoms. The zero-order valence-corrected chi connectivity index (χ0v) is 29.9. The van der Waals surface area contributed by atoms with Crippen molar-refractivity contribution < 1.29 is 17.0 Å². The highest BCUT2D eigenvalue weighted by Gasteiger charge is 2.34. The highest BCUT2D eigenvalue weighted by molar-refractivity contribution is 7.75. The van der Waals surface area contributed by atoms with Crippen LogP contribution in [0.2, 0.25) is 0 Å². The normalized spacial score (nSPS) is 11.7. The van der Waals surface area contributed by atoms with E-state index >= 15 is 0 Å². The maximum atomic E-state index is 2.42. The second-order valence-electron chi connectivity index (χ2n) is 12.7. The van der Waals surface area contributed by atoms with E-state index in [-0.39, 0.29) is 17.0 Å². The molecule has 0 saturated heterocycles. The maximum absolute atomic E-state index is 2.42. The molecule has 0 amide bonds. The zero-order valence-electron chi connectivity index (χ0n) is 27.5. The highest BCUT2D eigenvalue weighted by atomic mass is 79.9. The van der Waals surface area contributed by atoms with Gasteiger partial charge < -0.3 is 17.0 Å². The molecule has 38 heavy (non-hydrogen) atoms. The molecule has 0 bridgehead atoms. The number of rotatable bonds is 32. The van der Waals surface area contributed by atoms with Gasteiger partial charge >= 0.3 is 0 Å². The smallest absolute Gasteiger partial charge is 0.0594 e.